The average molecular weight is 615 g/mol. The van der Waals surface area contributed by atoms with E-state index in [1.165, 1.54) is 24.3 Å². The Kier molecular flexibility index (Phi) is 8.19. The maximum atomic E-state index is 13.2. The van der Waals surface area contributed by atoms with Crippen LogP contribution in [0.1, 0.15) is 56.7 Å². The Morgan fingerprint density at radius 3 is 1.91 bits per heavy atom. The fraction of sp³-hybridized carbons (Fsp3) is 0.364. The van der Waals surface area contributed by atoms with Gasteiger partial charge in [0, 0.05) is 73.9 Å². The Morgan fingerprint density at radius 2 is 1.34 bits per heavy atom. The summed E-state index contributed by atoms with van der Waals surface area (Å²) in [5.74, 6) is -0.152. The summed E-state index contributed by atoms with van der Waals surface area (Å²) in [6, 6.07) is 16.1. The lowest BCUT2D eigenvalue weighted by Gasteiger charge is -2.32. The smallest absolute Gasteiger partial charge is 0.358 e. The van der Waals surface area contributed by atoms with Gasteiger partial charge in [-0.15, -0.1) is 0 Å². The third kappa shape index (κ3) is 6.78. The molecule has 1 saturated heterocycles. The quantitative estimate of drug-likeness (QED) is 0.227. The number of benzene rings is 3. The van der Waals surface area contributed by atoms with Gasteiger partial charge in [-0.2, -0.15) is 26.3 Å². The number of carbonyl (C=O) groups excluding carboxylic acids is 1. The predicted molar refractivity (Wildman–Crippen MR) is 155 cm³/mol. The van der Waals surface area contributed by atoms with Gasteiger partial charge >= 0.3 is 12.4 Å². The molecule has 1 aromatic heterocycles. The number of piperidine rings is 1. The average Bonchev–Trinajstić information content (AvgIpc) is 3.35. The maximum absolute atomic E-state index is 13.2. The minimum atomic E-state index is -4.36. The molecule has 6 rings (SSSR count). The molecule has 0 bridgehead atoms. The van der Waals surface area contributed by atoms with Crippen molar-refractivity contribution in [3.05, 3.63) is 106 Å². The second-order valence-electron chi connectivity index (χ2n) is 11.7. The van der Waals surface area contributed by atoms with Gasteiger partial charge in [0.05, 0.1) is 11.1 Å². The van der Waals surface area contributed by atoms with Crippen molar-refractivity contribution in [1.82, 2.24) is 20.1 Å². The van der Waals surface area contributed by atoms with E-state index in [0.29, 0.717) is 25.2 Å². The topological polar surface area (TPSA) is 51.4 Å². The molecule has 3 heterocycles. The number of likely N-dealkylation sites (tertiary alicyclic amines) is 1. The first-order chi connectivity index (χ1) is 20.9. The van der Waals surface area contributed by atoms with E-state index in [1.54, 1.807) is 6.07 Å². The third-order valence-electron chi connectivity index (χ3n) is 8.61. The number of fused-ring (bicyclic) bond motifs is 3. The number of amides is 1. The first-order valence-electron chi connectivity index (χ1n) is 14.6. The molecule has 44 heavy (non-hydrogen) atoms. The molecule has 1 amide bonds. The minimum Gasteiger partial charge on any atom is -0.358 e. The van der Waals surface area contributed by atoms with Crippen molar-refractivity contribution < 1.29 is 31.1 Å². The SMILES string of the molecule is O=C(NC1CCN(Cc2ccc(C(F)(F)F)cc2)CC1)c1ccc2[nH]c3c(c2c1)CN(Cc1ccc(C(F)(F)F)cc1)CC3. The molecule has 0 atom stereocenters. The van der Waals surface area contributed by atoms with Crippen LogP contribution in [0.4, 0.5) is 26.3 Å². The summed E-state index contributed by atoms with van der Waals surface area (Å²) in [5, 5.41) is 4.11. The van der Waals surface area contributed by atoms with E-state index in [0.717, 1.165) is 96.4 Å². The van der Waals surface area contributed by atoms with E-state index in [-0.39, 0.29) is 11.9 Å². The van der Waals surface area contributed by atoms with E-state index in [9.17, 15) is 31.1 Å². The van der Waals surface area contributed by atoms with Crippen molar-refractivity contribution >= 4 is 16.8 Å². The van der Waals surface area contributed by atoms with Gasteiger partial charge in [0.15, 0.2) is 0 Å². The zero-order valence-electron chi connectivity index (χ0n) is 23.9. The molecule has 2 aliphatic heterocycles. The molecule has 0 aliphatic carbocycles. The van der Waals surface area contributed by atoms with Gasteiger partial charge in [-0.25, -0.2) is 0 Å². The predicted octanol–water partition coefficient (Wildman–Crippen LogP) is 7.16. The van der Waals surface area contributed by atoms with E-state index in [4.69, 9.17) is 0 Å². The van der Waals surface area contributed by atoms with E-state index >= 15 is 0 Å². The summed E-state index contributed by atoms with van der Waals surface area (Å²) in [6.45, 7) is 3.94. The number of nitrogens with one attached hydrogen (secondary N) is 2. The van der Waals surface area contributed by atoms with Crippen LogP contribution in [0.5, 0.6) is 0 Å². The van der Waals surface area contributed by atoms with Gasteiger partial charge in [0.2, 0.25) is 0 Å². The molecule has 0 spiro atoms. The lowest BCUT2D eigenvalue weighted by atomic mass is 10.0. The van der Waals surface area contributed by atoms with Crippen LogP contribution in [0.3, 0.4) is 0 Å². The van der Waals surface area contributed by atoms with Crippen molar-refractivity contribution in [2.24, 2.45) is 0 Å². The molecule has 0 saturated carbocycles. The number of halogens is 6. The van der Waals surface area contributed by atoms with Crippen molar-refractivity contribution in [3.63, 3.8) is 0 Å². The highest BCUT2D eigenvalue weighted by Crippen LogP contribution is 2.32. The lowest BCUT2D eigenvalue weighted by molar-refractivity contribution is -0.138. The van der Waals surface area contributed by atoms with Crippen LogP contribution in [0.2, 0.25) is 0 Å². The third-order valence-corrected chi connectivity index (χ3v) is 8.61. The van der Waals surface area contributed by atoms with Gasteiger partial charge in [-0.1, -0.05) is 24.3 Å². The monoisotopic (exact) mass is 614 g/mol. The van der Waals surface area contributed by atoms with Crippen molar-refractivity contribution in [1.29, 1.82) is 0 Å². The number of alkyl halides is 6. The van der Waals surface area contributed by atoms with E-state index in [2.05, 4.69) is 20.1 Å². The number of nitrogens with zero attached hydrogens (tertiary/aromatic N) is 2. The zero-order valence-corrected chi connectivity index (χ0v) is 23.9. The second kappa shape index (κ2) is 11.9. The number of H-pyrrole nitrogens is 1. The van der Waals surface area contributed by atoms with E-state index < -0.39 is 23.5 Å². The van der Waals surface area contributed by atoms with Crippen LogP contribution in [0.25, 0.3) is 10.9 Å². The first kappa shape index (κ1) is 30.2. The molecule has 2 N–H and O–H groups in total. The van der Waals surface area contributed by atoms with Crippen LogP contribution in [-0.4, -0.2) is 46.4 Å². The summed E-state index contributed by atoms with van der Waals surface area (Å²) in [6.07, 6.45) is -6.45. The minimum absolute atomic E-state index is 0.00131. The molecule has 4 aromatic rings. The van der Waals surface area contributed by atoms with Crippen LogP contribution in [0.15, 0.2) is 66.7 Å². The largest absolute Gasteiger partial charge is 0.416 e. The van der Waals surface area contributed by atoms with Gasteiger partial charge in [-0.3, -0.25) is 14.6 Å². The summed E-state index contributed by atoms with van der Waals surface area (Å²) in [7, 11) is 0. The molecular weight excluding hydrogens is 582 g/mol. The second-order valence-corrected chi connectivity index (χ2v) is 11.7. The summed E-state index contributed by atoms with van der Waals surface area (Å²) in [5.41, 5.74) is 4.04. The molecular formula is C33H32F6N4O. The molecule has 2 aliphatic rings. The fourth-order valence-corrected chi connectivity index (χ4v) is 6.17. The Hall–Kier alpha value is -3.83. The first-order valence-corrected chi connectivity index (χ1v) is 14.6. The summed E-state index contributed by atoms with van der Waals surface area (Å²) < 4.78 is 77.3. The number of hydrogen-bond donors (Lipinski definition) is 2. The Bertz CT molecular complexity index is 1620. The number of carbonyl (C=O) groups is 1. The Morgan fingerprint density at radius 1 is 0.773 bits per heavy atom. The molecule has 11 heteroatoms. The van der Waals surface area contributed by atoms with Crippen LogP contribution < -0.4 is 5.32 Å². The van der Waals surface area contributed by atoms with Gasteiger partial charge < -0.3 is 10.3 Å². The fourth-order valence-electron chi connectivity index (χ4n) is 6.17. The highest BCUT2D eigenvalue weighted by molar-refractivity contribution is 5.99. The van der Waals surface area contributed by atoms with Crippen molar-refractivity contribution in [3.8, 4) is 0 Å². The number of rotatable bonds is 6. The van der Waals surface area contributed by atoms with Crippen LogP contribution in [-0.2, 0) is 38.4 Å². The molecule has 5 nitrogen and oxygen atoms in total. The molecule has 0 radical (unpaired) electrons. The summed E-state index contributed by atoms with van der Waals surface area (Å²) >= 11 is 0. The van der Waals surface area contributed by atoms with Crippen molar-refractivity contribution in [2.45, 2.75) is 57.3 Å². The molecule has 0 unspecified atom stereocenters. The lowest BCUT2D eigenvalue weighted by Crippen LogP contribution is -2.44. The highest BCUT2D eigenvalue weighted by atomic mass is 19.4. The number of aromatic nitrogens is 1. The van der Waals surface area contributed by atoms with E-state index in [1.807, 2.05) is 12.1 Å². The van der Waals surface area contributed by atoms with Crippen LogP contribution >= 0.6 is 0 Å². The standard InChI is InChI=1S/C33H32F6N4O/c34-32(35,36)24-6-1-21(2-7-24)18-42-14-11-26(12-15-42)40-31(44)23-5-10-29-27(17-23)28-20-43(16-13-30(28)41-29)19-22-3-8-25(9-4-22)33(37,38)39/h1-10,17,26,41H,11-16,18-20H2,(H,40,44). The zero-order chi connectivity index (χ0) is 31.1. The molecule has 232 valence electrons. The molecule has 1 fully saturated rings. The summed E-state index contributed by atoms with van der Waals surface area (Å²) in [4.78, 5) is 21.1. The Balaban J connectivity index is 1.05. The van der Waals surface area contributed by atoms with Crippen molar-refractivity contribution in [2.75, 3.05) is 19.6 Å². The van der Waals surface area contributed by atoms with Gasteiger partial charge in [0.25, 0.3) is 5.91 Å². The highest BCUT2D eigenvalue weighted by Gasteiger charge is 2.31. The molecule has 3 aromatic carbocycles. The normalized spacial score (nSPS) is 17.1. The van der Waals surface area contributed by atoms with Crippen LogP contribution in [0, 0.1) is 0 Å². The maximum Gasteiger partial charge on any atom is 0.416 e. The number of aromatic amines is 1. The van der Waals surface area contributed by atoms with Gasteiger partial charge in [-0.05, 0) is 72.0 Å². The number of hydrogen-bond acceptors (Lipinski definition) is 3. The Labute approximate surface area is 250 Å². The van der Waals surface area contributed by atoms with Gasteiger partial charge in [0.1, 0.15) is 0 Å².